The second-order valence-electron chi connectivity index (χ2n) is 5.73. The van der Waals surface area contributed by atoms with Crippen LogP contribution >= 0.6 is 11.3 Å². The molecular weight excluding hydrogens is 272 g/mol. The van der Waals surface area contributed by atoms with Crippen LogP contribution in [-0.4, -0.2) is 47.5 Å². The molecule has 20 heavy (non-hydrogen) atoms. The second-order valence-corrected chi connectivity index (χ2v) is 6.58. The smallest absolute Gasteiger partial charge is 0.240 e. The van der Waals surface area contributed by atoms with Crippen LogP contribution in [0.3, 0.4) is 0 Å². The number of aryl methyl sites for hydroxylation is 1. The molecule has 3 heterocycles. The molecule has 2 atom stereocenters. The summed E-state index contributed by atoms with van der Waals surface area (Å²) in [5.41, 5.74) is 0.958. The summed E-state index contributed by atoms with van der Waals surface area (Å²) in [4.78, 5) is 18.7. The molecule has 0 spiro atoms. The Kier molecular flexibility index (Phi) is 4.33. The third kappa shape index (κ3) is 3.19. The third-order valence-electron chi connectivity index (χ3n) is 4.19. The van der Waals surface area contributed by atoms with Gasteiger partial charge in [0.2, 0.25) is 5.91 Å². The first-order valence-corrected chi connectivity index (χ1v) is 8.30. The maximum Gasteiger partial charge on any atom is 0.240 e. The molecule has 0 aliphatic carbocycles. The quantitative estimate of drug-likeness (QED) is 0.886. The summed E-state index contributed by atoms with van der Waals surface area (Å²) in [6.07, 6.45) is 4.92. The van der Waals surface area contributed by atoms with Crippen LogP contribution in [0.2, 0.25) is 0 Å². The summed E-state index contributed by atoms with van der Waals surface area (Å²) in [5, 5.41) is 9.14. The lowest BCUT2D eigenvalue weighted by molar-refractivity contribution is -0.117. The summed E-state index contributed by atoms with van der Waals surface area (Å²) < 4.78 is 0. The third-order valence-corrected chi connectivity index (χ3v) is 5.06. The lowest BCUT2D eigenvalue weighted by Gasteiger charge is -2.28. The Bertz CT molecular complexity index is 469. The van der Waals surface area contributed by atoms with E-state index in [0.29, 0.717) is 23.8 Å². The molecule has 5 nitrogen and oxygen atoms in total. The van der Waals surface area contributed by atoms with Gasteiger partial charge in [-0.05, 0) is 45.7 Å². The number of carbonyl (C=O) groups excluding carboxylic acids is 1. The summed E-state index contributed by atoms with van der Waals surface area (Å²) in [6.45, 7) is 4.59. The zero-order chi connectivity index (χ0) is 13.9. The molecule has 1 amide bonds. The number of aromatic nitrogens is 1. The molecule has 0 aromatic carbocycles. The Hall–Kier alpha value is -0.980. The van der Waals surface area contributed by atoms with E-state index in [1.807, 2.05) is 12.3 Å². The number of carbonyl (C=O) groups is 1. The van der Waals surface area contributed by atoms with Gasteiger partial charge in [0.1, 0.15) is 0 Å². The van der Waals surface area contributed by atoms with Crippen LogP contribution in [0.4, 0.5) is 5.13 Å². The van der Waals surface area contributed by atoms with Gasteiger partial charge in [-0.3, -0.25) is 9.69 Å². The van der Waals surface area contributed by atoms with E-state index in [0.717, 1.165) is 18.8 Å². The standard InChI is InChI=1S/C14H22N4OS/c1-10-9-20-14(16-10)17-13(19)8-18-7-3-5-12(18)11-4-2-6-15-11/h9,11-12,15H,2-8H2,1H3,(H,16,17,19). The molecular formula is C14H22N4OS. The molecule has 2 saturated heterocycles. The van der Waals surface area contributed by atoms with Gasteiger partial charge in [-0.15, -0.1) is 11.3 Å². The van der Waals surface area contributed by atoms with Crippen molar-refractivity contribution in [2.75, 3.05) is 25.0 Å². The molecule has 2 aliphatic heterocycles. The molecule has 2 N–H and O–H groups in total. The van der Waals surface area contributed by atoms with Crippen molar-refractivity contribution in [1.82, 2.24) is 15.2 Å². The lowest BCUT2D eigenvalue weighted by Crippen LogP contribution is -2.46. The van der Waals surface area contributed by atoms with Crippen molar-refractivity contribution < 1.29 is 4.79 Å². The average Bonchev–Trinajstić information content (AvgIpc) is 3.10. The second kappa shape index (κ2) is 6.20. The number of amides is 1. The molecule has 0 bridgehead atoms. The SMILES string of the molecule is Cc1csc(NC(=O)CN2CCCC2C2CCCN2)n1. The Balaban J connectivity index is 1.54. The normalized spacial score (nSPS) is 27.1. The van der Waals surface area contributed by atoms with E-state index in [2.05, 4.69) is 20.5 Å². The first-order valence-electron chi connectivity index (χ1n) is 7.42. The molecule has 2 fully saturated rings. The van der Waals surface area contributed by atoms with E-state index in [1.54, 1.807) is 0 Å². The molecule has 0 saturated carbocycles. The van der Waals surface area contributed by atoms with Crippen molar-refractivity contribution in [2.45, 2.75) is 44.7 Å². The Morgan fingerprint density at radius 2 is 2.45 bits per heavy atom. The molecule has 110 valence electrons. The summed E-state index contributed by atoms with van der Waals surface area (Å²) in [6, 6.07) is 1.11. The van der Waals surface area contributed by atoms with Crippen molar-refractivity contribution in [3.05, 3.63) is 11.1 Å². The van der Waals surface area contributed by atoms with Gasteiger partial charge in [-0.25, -0.2) is 4.98 Å². The fourth-order valence-electron chi connectivity index (χ4n) is 3.30. The predicted molar refractivity (Wildman–Crippen MR) is 81.1 cm³/mol. The van der Waals surface area contributed by atoms with E-state index in [4.69, 9.17) is 0 Å². The number of nitrogens with one attached hydrogen (secondary N) is 2. The van der Waals surface area contributed by atoms with E-state index in [1.165, 1.54) is 37.0 Å². The number of nitrogens with zero attached hydrogens (tertiary/aromatic N) is 2. The van der Waals surface area contributed by atoms with Gasteiger partial charge in [0.05, 0.1) is 12.2 Å². The van der Waals surface area contributed by atoms with E-state index in [-0.39, 0.29) is 5.91 Å². The van der Waals surface area contributed by atoms with Gasteiger partial charge in [-0.1, -0.05) is 0 Å². The number of rotatable bonds is 4. The minimum Gasteiger partial charge on any atom is -0.312 e. The Labute approximate surface area is 123 Å². The number of thiazole rings is 1. The number of likely N-dealkylation sites (tertiary alicyclic amines) is 1. The maximum absolute atomic E-state index is 12.1. The number of anilines is 1. The predicted octanol–water partition coefficient (Wildman–Crippen LogP) is 1.61. The summed E-state index contributed by atoms with van der Waals surface area (Å²) >= 11 is 1.49. The van der Waals surface area contributed by atoms with Crippen molar-refractivity contribution in [3.63, 3.8) is 0 Å². The minimum atomic E-state index is 0.0595. The van der Waals surface area contributed by atoms with Crippen LogP contribution in [0.25, 0.3) is 0 Å². The van der Waals surface area contributed by atoms with Gasteiger partial charge in [0.25, 0.3) is 0 Å². The van der Waals surface area contributed by atoms with Crippen LogP contribution in [0.5, 0.6) is 0 Å². The van der Waals surface area contributed by atoms with E-state index < -0.39 is 0 Å². The fraction of sp³-hybridized carbons (Fsp3) is 0.714. The van der Waals surface area contributed by atoms with Crippen molar-refractivity contribution in [1.29, 1.82) is 0 Å². The zero-order valence-electron chi connectivity index (χ0n) is 11.9. The monoisotopic (exact) mass is 294 g/mol. The van der Waals surface area contributed by atoms with Crippen molar-refractivity contribution in [2.24, 2.45) is 0 Å². The van der Waals surface area contributed by atoms with Crippen LogP contribution < -0.4 is 10.6 Å². The van der Waals surface area contributed by atoms with Crippen molar-refractivity contribution in [3.8, 4) is 0 Å². The summed E-state index contributed by atoms with van der Waals surface area (Å²) in [5.74, 6) is 0.0595. The highest BCUT2D eigenvalue weighted by atomic mass is 32.1. The van der Waals surface area contributed by atoms with Crippen LogP contribution in [0, 0.1) is 6.92 Å². The Morgan fingerprint density at radius 1 is 1.55 bits per heavy atom. The first-order chi connectivity index (χ1) is 9.72. The van der Waals surface area contributed by atoms with Crippen LogP contribution in [0.15, 0.2) is 5.38 Å². The van der Waals surface area contributed by atoms with Crippen LogP contribution in [-0.2, 0) is 4.79 Å². The topological polar surface area (TPSA) is 57.3 Å². The van der Waals surface area contributed by atoms with E-state index in [9.17, 15) is 4.79 Å². The summed E-state index contributed by atoms with van der Waals surface area (Å²) in [7, 11) is 0. The molecule has 6 heteroatoms. The van der Waals surface area contributed by atoms with Gasteiger partial charge in [0, 0.05) is 17.5 Å². The highest BCUT2D eigenvalue weighted by Gasteiger charge is 2.33. The van der Waals surface area contributed by atoms with Crippen molar-refractivity contribution >= 4 is 22.4 Å². The molecule has 2 aliphatic rings. The number of hydrogen-bond donors (Lipinski definition) is 2. The van der Waals surface area contributed by atoms with Gasteiger partial charge in [-0.2, -0.15) is 0 Å². The molecule has 3 rings (SSSR count). The zero-order valence-corrected chi connectivity index (χ0v) is 12.7. The average molecular weight is 294 g/mol. The largest absolute Gasteiger partial charge is 0.312 e. The number of hydrogen-bond acceptors (Lipinski definition) is 5. The minimum absolute atomic E-state index is 0.0595. The highest BCUT2D eigenvalue weighted by Crippen LogP contribution is 2.24. The molecule has 1 aromatic rings. The van der Waals surface area contributed by atoms with Gasteiger partial charge >= 0.3 is 0 Å². The molecule has 2 unspecified atom stereocenters. The van der Waals surface area contributed by atoms with Crippen LogP contribution in [0.1, 0.15) is 31.4 Å². The maximum atomic E-state index is 12.1. The van der Waals surface area contributed by atoms with E-state index >= 15 is 0 Å². The lowest BCUT2D eigenvalue weighted by atomic mass is 10.0. The first kappa shape index (κ1) is 14.0. The Morgan fingerprint density at radius 3 is 3.15 bits per heavy atom. The van der Waals surface area contributed by atoms with Gasteiger partial charge in [0.15, 0.2) is 5.13 Å². The van der Waals surface area contributed by atoms with Gasteiger partial charge < -0.3 is 10.6 Å². The fourth-order valence-corrected chi connectivity index (χ4v) is 4.00. The molecule has 0 radical (unpaired) electrons. The highest BCUT2D eigenvalue weighted by molar-refractivity contribution is 7.13. The molecule has 1 aromatic heterocycles.